The quantitative estimate of drug-likeness (QED) is 0.670. The normalized spacial score (nSPS) is 21.3. The smallest absolute Gasteiger partial charge is 0.317 e. The zero-order chi connectivity index (χ0) is 9.90. The number of urea groups is 1. The summed E-state index contributed by atoms with van der Waals surface area (Å²) in [4.78, 5) is 12.6. The standard InChI is InChI=1S/C8H14F2N2O/c1-2-11-7(13)12-5-3-8(9,10)4-6-12/h2-6H2,1H3,(H,11,13). The molecule has 5 heteroatoms. The van der Waals surface area contributed by atoms with Gasteiger partial charge in [-0.15, -0.1) is 0 Å². The van der Waals surface area contributed by atoms with Crippen molar-refractivity contribution in [2.75, 3.05) is 19.6 Å². The van der Waals surface area contributed by atoms with Crippen LogP contribution in [0.4, 0.5) is 13.6 Å². The fourth-order valence-electron chi connectivity index (χ4n) is 1.30. The topological polar surface area (TPSA) is 32.3 Å². The van der Waals surface area contributed by atoms with Crippen molar-refractivity contribution in [3.63, 3.8) is 0 Å². The number of piperidine rings is 1. The molecular formula is C8H14F2N2O. The van der Waals surface area contributed by atoms with E-state index < -0.39 is 5.92 Å². The maximum Gasteiger partial charge on any atom is 0.317 e. The lowest BCUT2D eigenvalue weighted by Gasteiger charge is -2.31. The molecule has 0 aromatic carbocycles. The van der Waals surface area contributed by atoms with Gasteiger partial charge < -0.3 is 10.2 Å². The first-order chi connectivity index (χ1) is 6.05. The van der Waals surface area contributed by atoms with Crippen LogP contribution >= 0.6 is 0 Å². The molecule has 0 bridgehead atoms. The molecule has 0 radical (unpaired) electrons. The van der Waals surface area contributed by atoms with Crippen LogP contribution < -0.4 is 5.32 Å². The number of carbonyl (C=O) groups is 1. The molecule has 0 aromatic rings. The molecule has 1 fully saturated rings. The van der Waals surface area contributed by atoms with E-state index in [2.05, 4.69) is 5.32 Å². The number of nitrogens with one attached hydrogen (secondary N) is 1. The Morgan fingerprint density at radius 3 is 2.46 bits per heavy atom. The largest absolute Gasteiger partial charge is 0.338 e. The molecule has 1 aliphatic heterocycles. The van der Waals surface area contributed by atoms with Gasteiger partial charge in [0.05, 0.1) is 0 Å². The summed E-state index contributed by atoms with van der Waals surface area (Å²) in [7, 11) is 0. The maximum absolute atomic E-state index is 12.7. The van der Waals surface area contributed by atoms with E-state index >= 15 is 0 Å². The lowest BCUT2D eigenvalue weighted by Crippen LogP contribution is -2.47. The van der Waals surface area contributed by atoms with Crippen LogP contribution in [0.15, 0.2) is 0 Å². The van der Waals surface area contributed by atoms with E-state index in [1.807, 2.05) is 0 Å². The number of hydrogen-bond donors (Lipinski definition) is 1. The molecule has 13 heavy (non-hydrogen) atoms. The van der Waals surface area contributed by atoms with E-state index in [9.17, 15) is 13.6 Å². The van der Waals surface area contributed by atoms with Crippen LogP contribution in [0.3, 0.4) is 0 Å². The molecule has 76 valence electrons. The zero-order valence-corrected chi connectivity index (χ0v) is 7.65. The first kappa shape index (κ1) is 10.2. The lowest BCUT2D eigenvalue weighted by atomic mass is 10.1. The van der Waals surface area contributed by atoms with E-state index in [-0.39, 0.29) is 32.0 Å². The molecular weight excluding hydrogens is 178 g/mol. The Labute approximate surface area is 76.1 Å². The fourth-order valence-corrected chi connectivity index (χ4v) is 1.30. The Bertz CT molecular complexity index is 187. The fraction of sp³-hybridized carbons (Fsp3) is 0.875. The third kappa shape index (κ3) is 2.82. The van der Waals surface area contributed by atoms with Crippen molar-refractivity contribution < 1.29 is 13.6 Å². The SMILES string of the molecule is CCNC(=O)N1CCC(F)(F)CC1. The second kappa shape index (κ2) is 3.89. The van der Waals surface area contributed by atoms with Gasteiger partial charge in [0, 0.05) is 32.5 Å². The van der Waals surface area contributed by atoms with Crippen molar-refractivity contribution in [2.45, 2.75) is 25.7 Å². The summed E-state index contributed by atoms with van der Waals surface area (Å²) in [6.07, 6.45) is -0.436. The predicted octanol–water partition coefficient (Wildman–Crippen LogP) is 1.45. The molecule has 0 atom stereocenters. The van der Waals surface area contributed by atoms with Crippen molar-refractivity contribution >= 4 is 6.03 Å². The van der Waals surface area contributed by atoms with E-state index in [1.165, 1.54) is 4.90 Å². The third-order valence-corrected chi connectivity index (χ3v) is 2.11. The third-order valence-electron chi connectivity index (χ3n) is 2.11. The van der Waals surface area contributed by atoms with Gasteiger partial charge in [-0.1, -0.05) is 0 Å². The average Bonchev–Trinajstić information content (AvgIpc) is 2.04. The molecule has 0 unspecified atom stereocenters. The van der Waals surface area contributed by atoms with Gasteiger partial charge in [-0.05, 0) is 6.92 Å². The Morgan fingerprint density at radius 2 is 2.00 bits per heavy atom. The van der Waals surface area contributed by atoms with Gasteiger partial charge >= 0.3 is 6.03 Å². The van der Waals surface area contributed by atoms with Crippen LogP contribution in [0.1, 0.15) is 19.8 Å². The van der Waals surface area contributed by atoms with Crippen LogP contribution in [0.5, 0.6) is 0 Å². The highest BCUT2D eigenvalue weighted by Crippen LogP contribution is 2.27. The summed E-state index contributed by atoms with van der Waals surface area (Å²) >= 11 is 0. The average molecular weight is 192 g/mol. The van der Waals surface area contributed by atoms with E-state index in [0.717, 1.165) is 0 Å². The van der Waals surface area contributed by atoms with Gasteiger partial charge in [0.2, 0.25) is 0 Å². The molecule has 0 spiro atoms. The lowest BCUT2D eigenvalue weighted by molar-refractivity contribution is -0.0469. The Kier molecular flexibility index (Phi) is 3.06. The van der Waals surface area contributed by atoms with Gasteiger partial charge in [0.1, 0.15) is 0 Å². The summed E-state index contributed by atoms with van der Waals surface area (Å²) in [5.74, 6) is -2.58. The van der Waals surface area contributed by atoms with Crippen molar-refractivity contribution in [1.29, 1.82) is 0 Å². The minimum absolute atomic E-state index is 0.152. The second-order valence-electron chi connectivity index (χ2n) is 3.18. The number of hydrogen-bond acceptors (Lipinski definition) is 1. The number of nitrogens with zero attached hydrogens (tertiary/aromatic N) is 1. The van der Waals surface area contributed by atoms with Gasteiger partial charge in [-0.3, -0.25) is 0 Å². The highest BCUT2D eigenvalue weighted by molar-refractivity contribution is 5.74. The van der Waals surface area contributed by atoms with Crippen molar-refractivity contribution in [3.8, 4) is 0 Å². The van der Waals surface area contributed by atoms with Crippen LogP contribution in [-0.4, -0.2) is 36.5 Å². The number of halogens is 2. The van der Waals surface area contributed by atoms with Gasteiger partial charge in [0.15, 0.2) is 0 Å². The van der Waals surface area contributed by atoms with Crippen molar-refractivity contribution in [3.05, 3.63) is 0 Å². The van der Waals surface area contributed by atoms with E-state index in [0.29, 0.717) is 6.54 Å². The summed E-state index contributed by atoms with van der Waals surface area (Å²) < 4.78 is 25.3. The molecule has 0 saturated carbocycles. The highest BCUT2D eigenvalue weighted by atomic mass is 19.3. The summed E-state index contributed by atoms with van der Waals surface area (Å²) in [5, 5.41) is 2.58. The molecule has 1 heterocycles. The highest BCUT2D eigenvalue weighted by Gasteiger charge is 2.35. The first-order valence-electron chi connectivity index (χ1n) is 4.46. The van der Waals surface area contributed by atoms with E-state index in [1.54, 1.807) is 6.92 Å². The van der Waals surface area contributed by atoms with Gasteiger partial charge in [-0.2, -0.15) is 0 Å². The van der Waals surface area contributed by atoms with E-state index in [4.69, 9.17) is 0 Å². The summed E-state index contributed by atoms with van der Waals surface area (Å²) in [5.41, 5.74) is 0. The molecule has 0 aliphatic carbocycles. The van der Waals surface area contributed by atoms with Crippen LogP contribution in [0.25, 0.3) is 0 Å². The summed E-state index contributed by atoms with van der Waals surface area (Å²) in [6, 6.07) is -0.238. The maximum atomic E-state index is 12.7. The van der Waals surface area contributed by atoms with Gasteiger partial charge in [-0.25, -0.2) is 13.6 Å². The molecule has 0 aromatic heterocycles. The minimum Gasteiger partial charge on any atom is -0.338 e. The number of likely N-dealkylation sites (tertiary alicyclic amines) is 1. The Hall–Kier alpha value is -0.870. The second-order valence-corrected chi connectivity index (χ2v) is 3.18. The monoisotopic (exact) mass is 192 g/mol. The predicted molar refractivity (Wildman–Crippen MR) is 44.8 cm³/mol. The van der Waals surface area contributed by atoms with Crippen LogP contribution in [-0.2, 0) is 0 Å². The van der Waals surface area contributed by atoms with Crippen LogP contribution in [0.2, 0.25) is 0 Å². The summed E-state index contributed by atoms with van der Waals surface area (Å²) in [6.45, 7) is 2.64. The van der Waals surface area contributed by atoms with Gasteiger partial charge in [0.25, 0.3) is 5.92 Å². The number of rotatable bonds is 1. The Morgan fingerprint density at radius 1 is 1.46 bits per heavy atom. The molecule has 1 rings (SSSR count). The number of carbonyl (C=O) groups excluding carboxylic acids is 1. The molecule has 3 nitrogen and oxygen atoms in total. The first-order valence-corrected chi connectivity index (χ1v) is 4.46. The number of alkyl halides is 2. The molecule has 1 aliphatic rings. The Balaban J connectivity index is 2.36. The molecule has 1 saturated heterocycles. The zero-order valence-electron chi connectivity index (χ0n) is 7.65. The minimum atomic E-state index is -2.58. The van der Waals surface area contributed by atoms with Crippen molar-refractivity contribution in [2.24, 2.45) is 0 Å². The number of amides is 2. The molecule has 1 N–H and O–H groups in total. The van der Waals surface area contributed by atoms with Crippen LogP contribution in [0, 0.1) is 0 Å². The molecule has 2 amide bonds. The van der Waals surface area contributed by atoms with Crippen molar-refractivity contribution in [1.82, 2.24) is 10.2 Å².